The topological polar surface area (TPSA) is 140 Å². The molecule has 0 saturated heterocycles. The highest BCUT2D eigenvalue weighted by molar-refractivity contribution is 5.94. The van der Waals surface area contributed by atoms with Crippen LogP contribution >= 0.6 is 0 Å². The van der Waals surface area contributed by atoms with Crippen molar-refractivity contribution >= 4 is 23.6 Å². The number of hydrogen-bond donors (Lipinski definition) is 2. The molecule has 0 aliphatic heterocycles. The number of nitrogens with two attached hydrogens (primary N) is 1. The zero-order valence-electron chi connectivity index (χ0n) is 16.9. The van der Waals surface area contributed by atoms with Gasteiger partial charge < -0.3 is 10.6 Å². The van der Waals surface area contributed by atoms with Crippen LogP contribution in [-0.4, -0.2) is 44.5 Å². The van der Waals surface area contributed by atoms with Gasteiger partial charge in [0.05, 0.1) is 18.5 Å². The fourth-order valence-electron chi connectivity index (χ4n) is 2.89. The second-order valence-electron chi connectivity index (χ2n) is 6.71. The number of carbonyl (C=O) groups is 1. The zero-order valence-corrected chi connectivity index (χ0v) is 16.9. The molecule has 12 heteroatoms. The van der Waals surface area contributed by atoms with Crippen molar-refractivity contribution < 1.29 is 13.8 Å². The van der Waals surface area contributed by atoms with Crippen LogP contribution in [0.3, 0.4) is 0 Å². The summed E-state index contributed by atoms with van der Waals surface area (Å²) in [6.07, 6.45) is 1.39. The van der Waals surface area contributed by atoms with Crippen molar-refractivity contribution in [1.29, 1.82) is 0 Å². The fraction of sp³-hybridized carbons (Fsp3) is 0.100. The average Bonchev–Trinajstić information content (AvgIpc) is 3.41. The quantitative estimate of drug-likeness (QED) is 0.331. The Balaban J connectivity index is 1.61. The van der Waals surface area contributed by atoms with E-state index in [0.29, 0.717) is 11.3 Å². The van der Waals surface area contributed by atoms with E-state index in [4.69, 9.17) is 5.73 Å². The van der Waals surface area contributed by atoms with E-state index in [1.165, 1.54) is 35.2 Å². The van der Waals surface area contributed by atoms with E-state index in [2.05, 4.69) is 35.8 Å². The maximum absolute atomic E-state index is 13.0. The van der Waals surface area contributed by atoms with Gasteiger partial charge in [0.25, 0.3) is 5.91 Å². The van der Waals surface area contributed by atoms with Crippen LogP contribution in [0.4, 0.5) is 15.9 Å². The van der Waals surface area contributed by atoms with Crippen LogP contribution in [-0.2, 0) is 6.54 Å². The van der Waals surface area contributed by atoms with Crippen LogP contribution in [0.15, 0.2) is 64.3 Å². The van der Waals surface area contributed by atoms with Gasteiger partial charge >= 0.3 is 0 Å². The number of halogens is 1. The lowest BCUT2D eigenvalue weighted by atomic mass is 10.2. The second-order valence-corrected chi connectivity index (χ2v) is 6.71. The number of aromatic nitrogens is 5. The van der Waals surface area contributed by atoms with Gasteiger partial charge in [0.15, 0.2) is 5.69 Å². The molecule has 0 spiro atoms. The molecule has 0 aliphatic rings. The van der Waals surface area contributed by atoms with E-state index in [-0.39, 0.29) is 29.7 Å². The number of nitrogen functional groups attached to an aromatic ring is 1. The molecule has 0 atom stereocenters. The van der Waals surface area contributed by atoms with E-state index in [1.54, 1.807) is 0 Å². The van der Waals surface area contributed by atoms with Crippen LogP contribution < -0.4 is 16.1 Å². The number of carbonyl (C=O) groups excluding carboxylic acids is 1. The summed E-state index contributed by atoms with van der Waals surface area (Å²) < 4.78 is 19.0. The summed E-state index contributed by atoms with van der Waals surface area (Å²) in [6.45, 7) is 0.244. The van der Waals surface area contributed by atoms with E-state index in [1.807, 2.05) is 42.3 Å². The van der Waals surface area contributed by atoms with Crippen LogP contribution in [0.5, 0.6) is 0 Å². The van der Waals surface area contributed by atoms with Gasteiger partial charge in [-0.1, -0.05) is 35.5 Å². The Morgan fingerprint density at radius 3 is 2.66 bits per heavy atom. The molecule has 4 aromatic rings. The Bertz CT molecular complexity index is 1240. The molecule has 0 unspecified atom stereocenters. The normalized spacial score (nSPS) is 11.1. The van der Waals surface area contributed by atoms with Gasteiger partial charge in [0.1, 0.15) is 5.82 Å². The summed E-state index contributed by atoms with van der Waals surface area (Å²) in [6, 6.07) is 15.2. The predicted octanol–water partition coefficient (Wildman–Crippen LogP) is 1.77. The molecule has 2 heterocycles. The van der Waals surface area contributed by atoms with Gasteiger partial charge in [-0.2, -0.15) is 9.78 Å². The highest BCUT2D eigenvalue weighted by atomic mass is 19.1. The standard InChI is InChI=1S/C20H18FN9O2/c1-29(15-5-3-2-4-6-15)12-16-17(24-28-30(16)19-18(22)26-32-27-19)20(31)25-23-11-13-7-9-14(21)10-8-13/h2-11H,12H2,1H3,(H2,22,26)(H,25,31)/b23-11+. The van der Waals surface area contributed by atoms with E-state index < -0.39 is 5.91 Å². The molecular formula is C20H18FN9O2. The van der Waals surface area contributed by atoms with Gasteiger partial charge in [-0.25, -0.2) is 14.4 Å². The number of benzene rings is 2. The van der Waals surface area contributed by atoms with Gasteiger partial charge in [-0.3, -0.25) is 4.79 Å². The highest BCUT2D eigenvalue weighted by Crippen LogP contribution is 2.20. The molecule has 2 aromatic carbocycles. The minimum Gasteiger partial charge on any atom is -0.378 e. The lowest BCUT2D eigenvalue weighted by Crippen LogP contribution is -2.24. The Hall–Kier alpha value is -4.61. The largest absolute Gasteiger partial charge is 0.378 e. The van der Waals surface area contributed by atoms with E-state index >= 15 is 0 Å². The molecule has 32 heavy (non-hydrogen) atoms. The maximum Gasteiger partial charge on any atom is 0.293 e. The molecular weight excluding hydrogens is 417 g/mol. The van der Waals surface area contributed by atoms with E-state index in [0.717, 1.165) is 5.69 Å². The van der Waals surface area contributed by atoms with Crippen LogP contribution in [0.25, 0.3) is 5.82 Å². The molecule has 0 fully saturated rings. The second kappa shape index (κ2) is 9.04. The van der Waals surface area contributed by atoms with Crippen molar-refractivity contribution in [3.63, 3.8) is 0 Å². The number of rotatable bonds is 7. The van der Waals surface area contributed by atoms with E-state index in [9.17, 15) is 9.18 Å². The SMILES string of the molecule is CN(Cc1c(C(=O)N/N=C/c2ccc(F)cc2)nnn1-c1nonc1N)c1ccccc1. The third-order valence-corrected chi connectivity index (χ3v) is 4.51. The first-order chi connectivity index (χ1) is 15.5. The third kappa shape index (κ3) is 4.43. The smallest absolute Gasteiger partial charge is 0.293 e. The highest BCUT2D eigenvalue weighted by Gasteiger charge is 2.25. The Labute approximate surface area is 181 Å². The van der Waals surface area contributed by atoms with Gasteiger partial charge in [0.2, 0.25) is 11.6 Å². The van der Waals surface area contributed by atoms with Gasteiger partial charge in [-0.05, 0) is 40.1 Å². The number of hydrazone groups is 1. The maximum atomic E-state index is 13.0. The first-order valence-corrected chi connectivity index (χ1v) is 9.41. The third-order valence-electron chi connectivity index (χ3n) is 4.51. The molecule has 0 aliphatic carbocycles. The van der Waals surface area contributed by atoms with Crippen molar-refractivity contribution in [1.82, 2.24) is 30.7 Å². The Morgan fingerprint density at radius 2 is 1.97 bits per heavy atom. The van der Waals surface area contributed by atoms with Gasteiger partial charge in [-0.15, -0.1) is 5.10 Å². The molecule has 3 N–H and O–H groups in total. The molecule has 1 amide bonds. The number of hydrogen-bond acceptors (Lipinski definition) is 9. The fourth-order valence-corrected chi connectivity index (χ4v) is 2.89. The van der Waals surface area contributed by atoms with Gasteiger partial charge in [0, 0.05) is 12.7 Å². The minimum atomic E-state index is -0.596. The zero-order chi connectivity index (χ0) is 22.5. The number of nitrogens with zero attached hydrogens (tertiary/aromatic N) is 7. The van der Waals surface area contributed by atoms with Crippen LogP contribution in [0, 0.1) is 5.82 Å². The molecule has 0 saturated carbocycles. The number of para-hydroxylation sites is 1. The molecule has 162 valence electrons. The Kier molecular flexibility index (Phi) is 5.83. The predicted molar refractivity (Wildman–Crippen MR) is 114 cm³/mol. The van der Waals surface area contributed by atoms with Crippen molar-refractivity contribution in [3.05, 3.63) is 77.4 Å². The van der Waals surface area contributed by atoms with Crippen molar-refractivity contribution in [2.75, 3.05) is 17.7 Å². The van der Waals surface area contributed by atoms with Crippen molar-refractivity contribution in [3.8, 4) is 5.82 Å². The van der Waals surface area contributed by atoms with Crippen LogP contribution in [0.1, 0.15) is 21.7 Å². The molecule has 4 rings (SSSR count). The summed E-state index contributed by atoms with van der Waals surface area (Å²) in [5.74, 6) is -0.847. The average molecular weight is 435 g/mol. The van der Waals surface area contributed by atoms with Crippen molar-refractivity contribution in [2.45, 2.75) is 6.54 Å². The lowest BCUT2D eigenvalue weighted by Gasteiger charge is -2.19. The Morgan fingerprint density at radius 1 is 1.22 bits per heavy atom. The number of amides is 1. The molecule has 0 radical (unpaired) electrons. The monoisotopic (exact) mass is 435 g/mol. The number of nitrogens with one attached hydrogen (secondary N) is 1. The van der Waals surface area contributed by atoms with Crippen molar-refractivity contribution in [2.24, 2.45) is 5.10 Å². The molecule has 2 aromatic heterocycles. The summed E-state index contributed by atoms with van der Waals surface area (Å²) in [5.41, 5.74) is 10.1. The summed E-state index contributed by atoms with van der Waals surface area (Å²) in [5, 5.41) is 19.2. The summed E-state index contributed by atoms with van der Waals surface area (Å²) in [4.78, 5) is 14.7. The molecule has 11 nitrogen and oxygen atoms in total. The van der Waals surface area contributed by atoms with Crippen LogP contribution in [0.2, 0.25) is 0 Å². The minimum absolute atomic E-state index is 0.000182. The summed E-state index contributed by atoms with van der Waals surface area (Å²) >= 11 is 0. The number of anilines is 2. The first kappa shape index (κ1) is 20.7. The first-order valence-electron chi connectivity index (χ1n) is 9.41. The summed E-state index contributed by atoms with van der Waals surface area (Å²) in [7, 11) is 1.85. The molecule has 0 bridgehead atoms. The lowest BCUT2D eigenvalue weighted by molar-refractivity contribution is 0.0949.